The van der Waals surface area contributed by atoms with Crippen molar-refractivity contribution in [3.63, 3.8) is 0 Å². The minimum absolute atomic E-state index is 0.191. The van der Waals surface area contributed by atoms with Gasteiger partial charge in [-0.05, 0) is 43.7 Å². The van der Waals surface area contributed by atoms with Crippen LogP contribution in [-0.2, 0) is 10.0 Å². The van der Waals surface area contributed by atoms with Crippen molar-refractivity contribution in [2.24, 2.45) is 0 Å². The molecule has 0 unspecified atom stereocenters. The highest BCUT2D eigenvalue weighted by atomic mass is 32.2. The van der Waals surface area contributed by atoms with E-state index in [2.05, 4.69) is 4.72 Å². The largest absolute Gasteiger partial charge is 0.493 e. The maximum absolute atomic E-state index is 12.0. The van der Waals surface area contributed by atoms with Gasteiger partial charge in [0.15, 0.2) is 11.5 Å². The topological polar surface area (TPSA) is 64.6 Å². The molecule has 1 N–H and O–H groups in total. The molecule has 2 aromatic rings. The van der Waals surface area contributed by atoms with Gasteiger partial charge < -0.3 is 9.47 Å². The molecule has 0 saturated carbocycles. The van der Waals surface area contributed by atoms with Crippen LogP contribution in [0.15, 0.2) is 34.5 Å². The smallest absolute Gasteiger partial charge is 0.250 e. The van der Waals surface area contributed by atoms with Crippen molar-refractivity contribution in [1.82, 2.24) is 4.72 Å². The van der Waals surface area contributed by atoms with Gasteiger partial charge in [0.1, 0.15) is 10.8 Å². The van der Waals surface area contributed by atoms with Gasteiger partial charge in [0.2, 0.25) is 10.0 Å². The highest BCUT2D eigenvalue weighted by molar-refractivity contribution is 7.91. The first-order valence-corrected chi connectivity index (χ1v) is 9.06. The molecule has 0 aliphatic heterocycles. The summed E-state index contributed by atoms with van der Waals surface area (Å²) in [6.45, 7) is 4.25. The number of methoxy groups -OCH3 is 1. The fraction of sp³-hybridized carbons (Fsp3) is 0.333. The van der Waals surface area contributed by atoms with Crippen LogP contribution in [0.4, 0.5) is 0 Å². The third kappa shape index (κ3) is 4.22. The van der Waals surface area contributed by atoms with Crippen LogP contribution < -0.4 is 14.2 Å². The Hall–Kier alpha value is -1.57. The zero-order valence-electron chi connectivity index (χ0n) is 12.8. The van der Waals surface area contributed by atoms with E-state index in [1.54, 1.807) is 19.2 Å². The van der Waals surface area contributed by atoms with Gasteiger partial charge in [0.05, 0.1) is 7.11 Å². The van der Waals surface area contributed by atoms with Crippen molar-refractivity contribution in [1.29, 1.82) is 0 Å². The summed E-state index contributed by atoms with van der Waals surface area (Å²) in [4.78, 5) is 0.959. The Kier molecular flexibility index (Phi) is 5.44. The molecule has 1 aromatic heterocycles. The van der Waals surface area contributed by atoms with E-state index in [1.807, 2.05) is 32.0 Å². The molecule has 2 rings (SSSR count). The summed E-state index contributed by atoms with van der Waals surface area (Å²) in [6, 6.07) is 8.98. The first kappa shape index (κ1) is 16.8. The van der Waals surface area contributed by atoms with Gasteiger partial charge >= 0.3 is 0 Å². The van der Waals surface area contributed by atoms with Gasteiger partial charge in [-0.2, -0.15) is 0 Å². The number of benzene rings is 1. The van der Waals surface area contributed by atoms with Crippen molar-refractivity contribution in [2.45, 2.75) is 18.1 Å². The lowest BCUT2D eigenvalue weighted by molar-refractivity contribution is 0.298. The first-order chi connectivity index (χ1) is 10.4. The lowest BCUT2D eigenvalue weighted by Crippen LogP contribution is -2.27. The third-order valence-electron chi connectivity index (χ3n) is 2.95. The molecule has 0 atom stereocenters. The van der Waals surface area contributed by atoms with E-state index in [0.29, 0.717) is 15.7 Å². The Bertz CT molecular complexity index is 738. The highest BCUT2D eigenvalue weighted by Crippen LogP contribution is 2.27. The van der Waals surface area contributed by atoms with Crippen LogP contribution in [0.2, 0.25) is 0 Å². The standard InChI is InChI=1S/C15H19NO4S2/c1-11-4-6-13(14(10-11)19-3)20-9-8-16-22(17,18)15-7-5-12(2)21-15/h4-7,10,16H,8-9H2,1-3H3. The van der Waals surface area contributed by atoms with Gasteiger partial charge in [-0.15, -0.1) is 11.3 Å². The SMILES string of the molecule is COc1cc(C)ccc1OCCNS(=O)(=O)c1ccc(C)s1. The number of hydrogen-bond acceptors (Lipinski definition) is 5. The molecule has 0 spiro atoms. The van der Waals surface area contributed by atoms with E-state index >= 15 is 0 Å². The molecular weight excluding hydrogens is 322 g/mol. The van der Waals surface area contributed by atoms with Crippen LogP contribution in [0.1, 0.15) is 10.4 Å². The van der Waals surface area contributed by atoms with Crippen molar-refractivity contribution in [3.05, 3.63) is 40.8 Å². The minimum Gasteiger partial charge on any atom is -0.493 e. The average molecular weight is 341 g/mol. The van der Waals surface area contributed by atoms with E-state index in [0.717, 1.165) is 10.4 Å². The van der Waals surface area contributed by atoms with E-state index in [4.69, 9.17) is 9.47 Å². The molecule has 0 bridgehead atoms. The van der Waals surface area contributed by atoms with E-state index in [1.165, 1.54) is 11.3 Å². The predicted octanol–water partition coefficient (Wildman–Crippen LogP) is 2.73. The Morgan fingerprint density at radius 1 is 1.14 bits per heavy atom. The number of ether oxygens (including phenoxy) is 2. The van der Waals surface area contributed by atoms with Crippen molar-refractivity contribution in [3.8, 4) is 11.5 Å². The molecule has 1 heterocycles. The van der Waals surface area contributed by atoms with Gasteiger partial charge in [-0.3, -0.25) is 0 Å². The molecule has 22 heavy (non-hydrogen) atoms. The summed E-state index contributed by atoms with van der Waals surface area (Å²) in [5, 5.41) is 0. The number of sulfonamides is 1. The molecule has 7 heteroatoms. The fourth-order valence-electron chi connectivity index (χ4n) is 1.86. The summed E-state index contributed by atoms with van der Waals surface area (Å²) in [7, 11) is -1.89. The van der Waals surface area contributed by atoms with Crippen LogP contribution in [0.5, 0.6) is 11.5 Å². The second-order valence-corrected chi connectivity index (χ2v) is 8.05. The zero-order valence-corrected chi connectivity index (χ0v) is 14.4. The van der Waals surface area contributed by atoms with Crippen LogP contribution in [0.25, 0.3) is 0 Å². The van der Waals surface area contributed by atoms with Gasteiger partial charge in [-0.25, -0.2) is 13.1 Å². The van der Waals surface area contributed by atoms with E-state index < -0.39 is 10.0 Å². The number of hydrogen-bond donors (Lipinski definition) is 1. The predicted molar refractivity (Wildman–Crippen MR) is 87.5 cm³/mol. The molecule has 120 valence electrons. The number of nitrogens with one attached hydrogen (secondary N) is 1. The van der Waals surface area contributed by atoms with Crippen LogP contribution >= 0.6 is 11.3 Å². The highest BCUT2D eigenvalue weighted by Gasteiger charge is 2.15. The maximum atomic E-state index is 12.0. The van der Waals surface area contributed by atoms with Crippen LogP contribution in [0, 0.1) is 13.8 Å². The number of rotatable bonds is 7. The quantitative estimate of drug-likeness (QED) is 0.787. The molecular formula is C15H19NO4S2. The lowest BCUT2D eigenvalue weighted by atomic mass is 10.2. The van der Waals surface area contributed by atoms with Crippen LogP contribution in [0.3, 0.4) is 0 Å². The Morgan fingerprint density at radius 3 is 2.55 bits per heavy atom. The molecule has 1 aromatic carbocycles. The van der Waals surface area contributed by atoms with E-state index in [-0.39, 0.29) is 13.2 Å². The van der Waals surface area contributed by atoms with Gasteiger partial charge in [-0.1, -0.05) is 6.07 Å². The second kappa shape index (κ2) is 7.13. The van der Waals surface area contributed by atoms with Crippen molar-refractivity contribution < 1.29 is 17.9 Å². The molecule has 0 fully saturated rings. The molecule has 5 nitrogen and oxygen atoms in total. The Balaban J connectivity index is 1.90. The molecule has 0 radical (unpaired) electrons. The molecule has 0 aliphatic carbocycles. The van der Waals surface area contributed by atoms with Crippen molar-refractivity contribution >= 4 is 21.4 Å². The summed E-state index contributed by atoms with van der Waals surface area (Å²) in [5.74, 6) is 1.23. The monoisotopic (exact) mass is 341 g/mol. The third-order valence-corrected chi connectivity index (χ3v) is 5.90. The van der Waals surface area contributed by atoms with Crippen LogP contribution in [-0.4, -0.2) is 28.7 Å². The summed E-state index contributed by atoms with van der Waals surface area (Å²) in [5.41, 5.74) is 1.07. The fourth-order valence-corrected chi connectivity index (χ4v) is 4.20. The Morgan fingerprint density at radius 2 is 1.91 bits per heavy atom. The van der Waals surface area contributed by atoms with Gasteiger partial charge in [0, 0.05) is 11.4 Å². The average Bonchev–Trinajstić information content (AvgIpc) is 2.92. The number of thiophene rings is 1. The zero-order chi connectivity index (χ0) is 16.2. The summed E-state index contributed by atoms with van der Waals surface area (Å²) >= 11 is 1.25. The Labute approximate surface area is 134 Å². The summed E-state index contributed by atoms with van der Waals surface area (Å²) in [6.07, 6.45) is 0. The van der Waals surface area contributed by atoms with Crippen molar-refractivity contribution in [2.75, 3.05) is 20.3 Å². The van der Waals surface area contributed by atoms with Gasteiger partial charge in [0.25, 0.3) is 0 Å². The maximum Gasteiger partial charge on any atom is 0.250 e. The minimum atomic E-state index is -3.46. The lowest BCUT2D eigenvalue weighted by Gasteiger charge is -2.11. The second-order valence-electron chi connectivity index (χ2n) is 4.77. The molecule has 0 aliphatic rings. The first-order valence-electron chi connectivity index (χ1n) is 6.76. The number of aryl methyl sites for hydroxylation is 2. The molecule has 0 amide bonds. The normalized spacial score (nSPS) is 11.4. The van der Waals surface area contributed by atoms with E-state index in [9.17, 15) is 8.42 Å². The summed E-state index contributed by atoms with van der Waals surface area (Å²) < 4.78 is 37.7. The molecule has 0 saturated heterocycles.